The molecule has 1 fully saturated rings. The first-order valence-electron chi connectivity index (χ1n) is 9.47. The van der Waals surface area contributed by atoms with E-state index in [2.05, 4.69) is 10.6 Å². The highest BCUT2D eigenvalue weighted by molar-refractivity contribution is 5.96. The summed E-state index contributed by atoms with van der Waals surface area (Å²) in [5, 5.41) is 5.68. The second-order valence-electron chi connectivity index (χ2n) is 7.02. The first-order chi connectivity index (χ1) is 14.1. The van der Waals surface area contributed by atoms with Gasteiger partial charge >= 0.3 is 6.03 Å². The van der Waals surface area contributed by atoms with Gasteiger partial charge in [-0.2, -0.15) is 0 Å². The zero-order valence-electron chi connectivity index (χ0n) is 16.1. The lowest BCUT2D eigenvalue weighted by Gasteiger charge is -2.17. The van der Waals surface area contributed by atoms with Crippen molar-refractivity contribution in [3.8, 4) is 17.2 Å². The molecule has 2 aliphatic rings. The number of hydrogen-bond acceptors (Lipinski definition) is 5. The van der Waals surface area contributed by atoms with Gasteiger partial charge in [-0.3, -0.25) is 4.79 Å². The molecular weight excluding hydrogens is 374 g/mol. The Bertz CT molecular complexity index is 900. The summed E-state index contributed by atoms with van der Waals surface area (Å²) in [6.45, 7) is 1.60. The minimum Gasteiger partial charge on any atom is -0.497 e. The summed E-state index contributed by atoms with van der Waals surface area (Å²) in [6.07, 6.45) is 0.396. The predicted molar refractivity (Wildman–Crippen MR) is 106 cm³/mol. The number of methoxy groups -OCH3 is 1. The maximum Gasteiger partial charge on any atom is 0.315 e. The maximum atomic E-state index is 12.4. The van der Waals surface area contributed by atoms with Crippen LogP contribution in [0.2, 0.25) is 0 Å². The number of ether oxygens (including phenoxy) is 3. The number of carbonyl (C=O) groups excluding carboxylic acids is 2. The van der Waals surface area contributed by atoms with Crippen molar-refractivity contribution >= 4 is 17.6 Å². The molecule has 3 amide bonds. The summed E-state index contributed by atoms with van der Waals surface area (Å²) in [7, 11) is 1.61. The molecule has 2 aliphatic heterocycles. The number of nitrogens with one attached hydrogen (secondary N) is 2. The van der Waals surface area contributed by atoms with E-state index in [0.717, 1.165) is 17.0 Å². The highest BCUT2D eigenvalue weighted by Gasteiger charge is 2.31. The molecule has 29 heavy (non-hydrogen) atoms. The molecule has 8 heteroatoms. The predicted octanol–water partition coefficient (Wildman–Crippen LogP) is 2.28. The van der Waals surface area contributed by atoms with Gasteiger partial charge in [0.05, 0.1) is 7.11 Å². The Morgan fingerprint density at radius 3 is 2.72 bits per heavy atom. The van der Waals surface area contributed by atoms with E-state index in [1.807, 2.05) is 42.5 Å². The lowest BCUT2D eigenvalue weighted by Crippen LogP contribution is -2.38. The van der Waals surface area contributed by atoms with Crippen molar-refractivity contribution in [2.45, 2.75) is 13.0 Å². The van der Waals surface area contributed by atoms with Crippen LogP contribution in [0.1, 0.15) is 12.0 Å². The van der Waals surface area contributed by atoms with E-state index in [1.165, 1.54) is 0 Å². The molecule has 0 aromatic heterocycles. The molecule has 4 rings (SSSR count). The number of amides is 3. The van der Waals surface area contributed by atoms with Crippen LogP contribution in [0.3, 0.4) is 0 Å². The van der Waals surface area contributed by atoms with E-state index in [4.69, 9.17) is 14.2 Å². The van der Waals surface area contributed by atoms with E-state index in [1.54, 1.807) is 12.0 Å². The molecule has 2 N–H and O–H groups in total. The fraction of sp³-hybridized carbons (Fsp3) is 0.333. The molecule has 0 saturated carbocycles. The maximum absolute atomic E-state index is 12.4. The summed E-state index contributed by atoms with van der Waals surface area (Å²) in [6, 6.07) is 12.7. The summed E-state index contributed by atoms with van der Waals surface area (Å²) >= 11 is 0. The van der Waals surface area contributed by atoms with Gasteiger partial charge in [0.15, 0.2) is 11.5 Å². The molecular formula is C21H23N3O5. The molecule has 0 unspecified atom stereocenters. The molecule has 152 valence electrons. The normalized spacial score (nSPS) is 17.3. The Kier molecular flexibility index (Phi) is 5.41. The topological polar surface area (TPSA) is 89.1 Å². The fourth-order valence-electron chi connectivity index (χ4n) is 3.45. The third kappa shape index (κ3) is 4.37. The number of hydrogen-bond donors (Lipinski definition) is 2. The number of rotatable bonds is 6. The van der Waals surface area contributed by atoms with Crippen molar-refractivity contribution in [2.24, 2.45) is 5.92 Å². The molecule has 0 spiro atoms. The minimum atomic E-state index is -0.255. The standard InChI is InChI=1S/C21H23N3O5/c1-27-17-5-2-14(3-6-17)10-22-21(26)23-11-15-8-20(25)24(12-15)16-4-7-18-19(9-16)29-13-28-18/h2-7,9,15H,8,10-13H2,1H3,(H2,22,23,26)/t15-/m0/s1. The zero-order valence-corrected chi connectivity index (χ0v) is 16.1. The van der Waals surface area contributed by atoms with Crippen molar-refractivity contribution in [2.75, 3.05) is 31.9 Å². The molecule has 8 nitrogen and oxygen atoms in total. The lowest BCUT2D eigenvalue weighted by molar-refractivity contribution is -0.117. The molecule has 0 bridgehead atoms. The van der Waals surface area contributed by atoms with Crippen LogP contribution in [-0.2, 0) is 11.3 Å². The van der Waals surface area contributed by atoms with Crippen LogP contribution in [0.5, 0.6) is 17.2 Å². The van der Waals surface area contributed by atoms with Crippen molar-refractivity contribution in [1.29, 1.82) is 0 Å². The molecule has 2 aromatic rings. The number of urea groups is 1. The van der Waals surface area contributed by atoms with Crippen LogP contribution in [0.25, 0.3) is 0 Å². The number of carbonyl (C=O) groups is 2. The van der Waals surface area contributed by atoms with Crippen LogP contribution in [0.15, 0.2) is 42.5 Å². The van der Waals surface area contributed by atoms with E-state index in [0.29, 0.717) is 37.6 Å². The Morgan fingerprint density at radius 1 is 1.14 bits per heavy atom. The van der Waals surface area contributed by atoms with Crippen LogP contribution < -0.4 is 29.7 Å². The van der Waals surface area contributed by atoms with E-state index in [9.17, 15) is 9.59 Å². The van der Waals surface area contributed by atoms with Gasteiger partial charge in [0, 0.05) is 43.7 Å². The van der Waals surface area contributed by atoms with Gasteiger partial charge in [-0.05, 0) is 29.8 Å². The van der Waals surface area contributed by atoms with Gasteiger partial charge in [0.25, 0.3) is 0 Å². The molecule has 0 aliphatic carbocycles. The molecule has 2 aromatic carbocycles. The van der Waals surface area contributed by atoms with E-state index < -0.39 is 0 Å². The highest BCUT2D eigenvalue weighted by atomic mass is 16.7. The first kappa shape index (κ1) is 18.9. The average molecular weight is 397 g/mol. The monoisotopic (exact) mass is 397 g/mol. The Hall–Kier alpha value is -3.42. The second-order valence-corrected chi connectivity index (χ2v) is 7.02. The molecule has 2 heterocycles. The van der Waals surface area contributed by atoms with E-state index in [-0.39, 0.29) is 24.6 Å². The SMILES string of the molecule is COc1ccc(CNC(=O)NC[C@@H]2CC(=O)N(c3ccc4c(c3)OCO4)C2)cc1. The van der Waals surface area contributed by atoms with Gasteiger partial charge in [-0.1, -0.05) is 12.1 Å². The van der Waals surface area contributed by atoms with Gasteiger partial charge in [-0.15, -0.1) is 0 Å². The smallest absolute Gasteiger partial charge is 0.315 e. The van der Waals surface area contributed by atoms with Crippen molar-refractivity contribution in [3.05, 3.63) is 48.0 Å². The minimum absolute atomic E-state index is 0.0364. The largest absolute Gasteiger partial charge is 0.497 e. The third-order valence-electron chi connectivity index (χ3n) is 5.04. The Balaban J connectivity index is 1.25. The summed E-state index contributed by atoms with van der Waals surface area (Å²) in [4.78, 5) is 26.2. The van der Waals surface area contributed by atoms with Crippen LogP contribution in [-0.4, -0.2) is 38.9 Å². The van der Waals surface area contributed by atoms with Gasteiger partial charge in [0.1, 0.15) is 5.75 Å². The summed E-state index contributed by atoms with van der Waals surface area (Å²) in [5.41, 5.74) is 1.76. The van der Waals surface area contributed by atoms with Crippen LogP contribution in [0.4, 0.5) is 10.5 Å². The van der Waals surface area contributed by atoms with Crippen LogP contribution in [0, 0.1) is 5.92 Å². The van der Waals surface area contributed by atoms with E-state index >= 15 is 0 Å². The quantitative estimate of drug-likeness (QED) is 0.781. The molecule has 0 radical (unpaired) electrons. The second kappa shape index (κ2) is 8.30. The highest BCUT2D eigenvalue weighted by Crippen LogP contribution is 2.37. The van der Waals surface area contributed by atoms with Crippen molar-refractivity contribution in [3.63, 3.8) is 0 Å². The third-order valence-corrected chi connectivity index (χ3v) is 5.04. The number of benzene rings is 2. The number of nitrogens with zero attached hydrogens (tertiary/aromatic N) is 1. The van der Waals surface area contributed by atoms with Gasteiger partial charge < -0.3 is 29.7 Å². The van der Waals surface area contributed by atoms with Crippen molar-refractivity contribution in [1.82, 2.24) is 10.6 Å². The Labute approximate surface area is 168 Å². The van der Waals surface area contributed by atoms with Crippen molar-refractivity contribution < 1.29 is 23.8 Å². The first-order valence-corrected chi connectivity index (χ1v) is 9.47. The fourth-order valence-corrected chi connectivity index (χ4v) is 3.45. The number of fused-ring (bicyclic) bond motifs is 1. The van der Waals surface area contributed by atoms with Gasteiger partial charge in [0.2, 0.25) is 12.7 Å². The average Bonchev–Trinajstić information content (AvgIpc) is 3.36. The van der Waals surface area contributed by atoms with Gasteiger partial charge in [-0.25, -0.2) is 4.79 Å². The van der Waals surface area contributed by atoms with Crippen LogP contribution >= 0.6 is 0 Å². The summed E-state index contributed by atoms with van der Waals surface area (Å²) in [5.74, 6) is 2.20. The zero-order chi connectivity index (χ0) is 20.2. The lowest BCUT2D eigenvalue weighted by atomic mass is 10.1. The number of anilines is 1. The Morgan fingerprint density at radius 2 is 1.93 bits per heavy atom. The summed E-state index contributed by atoms with van der Waals surface area (Å²) < 4.78 is 15.8. The molecule has 1 saturated heterocycles. The molecule has 1 atom stereocenters.